The van der Waals surface area contributed by atoms with E-state index in [1.54, 1.807) is 24.3 Å². The second-order valence-electron chi connectivity index (χ2n) is 9.56. The van der Waals surface area contributed by atoms with Crippen molar-refractivity contribution >= 4 is 28.7 Å². The van der Waals surface area contributed by atoms with Crippen molar-refractivity contribution in [3.63, 3.8) is 0 Å². The van der Waals surface area contributed by atoms with Gasteiger partial charge in [-0.15, -0.1) is 11.8 Å². The highest BCUT2D eigenvalue weighted by Crippen LogP contribution is 2.37. The zero-order valence-electron chi connectivity index (χ0n) is 21.0. The third kappa shape index (κ3) is 4.83. The van der Waals surface area contributed by atoms with Crippen LogP contribution < -0.4 is 16.6 Å². The summed E-state index contributed by atoms with van der Waals surface area (Å²) in [5, 5.41) is 13.1. The summed E-state index contributed by atoms with van der Waals surface area (Å²) in [7, 11) is 0. The number of benzene rings is 2. The van der Waals surface area contributed by atoms with Crippen LogP contribution in [0.5, 0.6) is 5.75 Å². The van der Waals surface area contributed by atoms with Crippen LogP contribution in [0, 0.1) is 12.7 Å². The number of halogens is 1. The van der Waals surface area contributed by atoms with Crippen LogP contribution in [-0.4, -0.2) is 37.8 Å². The molecule has 0 saturated heterocycles. The fraction of sp³-hybridized carbons (Fsp3) is 0.286. The molecule has 1 saturated carbocycles. The number of aromatic hydroxyl groups is 1. The molecule has 0 unspecified atom stereocenters. The monoisotopic (exact) mass is 534 g/mol. The number of carbonyl (C=O) groups is 1. The maximum absolute atomic E-state index is 15.2. The largest absolute Gasteiger partial charge is 0.507 e. The van der Waals surface area contributed by atoms with Crippen molar-refractivity contribution in [2.75, 3.05) is 6.26 Å². The topological polar surface area (TPSA) is 117 Å². The zero-order valence-corrected chi connectivity index (χ0v) is 21.8. The molecule has 1 aliphatic rings. The molecule has 3 N–H and O–H groups in total. The number of thioether (sulfide) groups is 1. The Morgan fingerprint density at radius 3 is 2.66 bits per heavy atom. The Labute approximate surface area is 221 Å². The summed E-state index contributed by atoms with van der Waals surface area (Å²) in [5.74, 6) is -1.32. The predicted molar refractivity (Wildman–Crippen MR) is 145 cm³/mol. The van der Waals surface area contributed by atoms with Gasteiger partial charge in [0.2, 0.25) is 0 Å². The lowest BCUT2D eigenvalue weighted by Crippen LogP contribution is -2.37. The molecule has 8 nitrogen and oxygen atoms in total. The number of aromatic amines is 1. The lowest BCUT2D eigenvalue weighted by molar-refractivity contribution is 0.0923. The first-order valence-electron chi connectivity index (χ1n) is 12.3. The van der Waals surface area contributed by atoms with Gasteiger partial charge in [0.05, 0.1) is 22.8 Å². The number of amides is 1. The Kier molecular flexibility index (Phi) is 7.07. The minimum atomic E-state index is -0.672. The fourth-order valence-electron chi connectivity index (χ4n) is 5.21. The van der Waals surface area contributed by atoms with Crippen LogP contribution in [0.4, 0.5) is 4.39 Å². The summed E-state index contributed by atoms with van der Waals surface area (Å²) in [6.07, 6.45) is 5.18. The van der Waals surface area contributed by atoms with Crippen molar-refractivity contribution in [3.8, 4) is 11.4 Å². The molecule has 1 amide bonds. The number of phenols is 1. The Morgan fingerprint density at radius 1 is 1.16 bits per heavy atom. The van der Waals surface area contributed by atoms with Gasteiger partial charge in [-0.25, -0.2) is 18.7 Å². The Bertz CT molecular complexity index is 1660. The molecule has 1 fully saturated rings. The van der Waals surface area contributed by atoms with Crippen LogP contribution in [0.25, 0.3) is 16.7 Å². The molecular formula is C28H27FN4O4S. The van der Waals surface area contributed by atoms with E-state index in [9.17, 15) is 19.5 Å². The van der Waals surface area contributed by atoms with E-state index in [0.717, 1.165) is 16.7 Å². The van der Waals surface area contributed by atoms with E-state index in [4.69, 9.17) is 0 Å². The number of carbonyl (C=O) groups excluding carboxylic acids is 1. The van der Waals surface area contributed by atoms with Crippen molar-refractivity contribution in [2.45, 2.75) is 49.5 Å². The predicted octanol–water partition coefficient (Wildman–Crippen LogP) is 4.41. The summed E-state index contributed by atoms with van der Waals surface area (Å²) < 4.78 is 16.5. The van der Waals surface area contributed by atoms with Gasteiger partial charge in [0, 0.05) is 16.5 Å². The number of hydrogen-bond donors (Lipinski definition) is 3. The SMILES string of the molecule is CSc1cccc(-n2c(=O)[nH]c(=O)c3c(C4CCC(NC(=O)c5cc(C)ccc5O)CC4)c(F)cnc32)c1. The van der Waals surface area contributed by atoms with E-state index in [2.05, 4.69) is 15.3 Å². The van der Waals surface area contributed by atoms with Gasteiger partial charge in [-0.1, -0.05) is 17.7 Å². The molecule has 196 valence electrons. The number of pyridine rings is 1. The number of hydrogen-bond acceptors (Lipinski definition) is 6. The average molecular weight is 535 g/mol. The van der Waals surface area contributed by atoms with Gasteiger partial charge in [-0.05, 0) is 75.1 Å². The van der Waals surface area contributed by atoms with Crippen molar-refractivity contribution in [1.82, 2.24) is 19.9 Å². The normalized spacial score (nSPS) is 17.4. The molecule has 2 heterocycles. The lowest BCUT2D eigenvalue weighted by atomic mass is 9.80. The highest BCUT2D eigenvalue weighted by molar-refractivity contribution is 7.98. The molecule has 38 heavy (non-hydrogen) atoms. The molecule has 0 spiro atoms. The molecule has 0 atom stereocenters. The molecule has 1 aliphatic carbocycles. The van der Waals surface area contributed by atoms with Gasteiger partial charge in [-0.2, -0.15) is 0 Å². The van der Waals surface area contributed by atoms with Crippen molar-refractivity contribution in [2.24, 2.45) is 0 Å². The van der Waals surface area contributed by atoms with Gasteiger partial charge in [0.1, 0.15) is 11.6 Å². The van der Waals surface area contributed by atoms with Gasteiger partial charge < -0.3 is 10.4 Å². The molecule has 4 aromatic rings. The maximum atomic E-state index is 15.2. The number of rotatable bonds is 5. The van der Waals surface area contributed by atoms with Crippen LogP contribution >= 0.6 is 11.8 Å². The Balaban J connectivity index is 1.45. The van der Waals surface area contributed by atoms with E-state index in [1.807, 2.05) is 25.3 Å². The number of phenolic OH excluding ortho intramolecular Hbond substituents is 1. The third-order valence-electron chi connectivity index (χ3n) is 7.09. The summed E-state index contributed by atoms with van der Waals surface area (Å²) >= 11 is 1.51. The summed E-state index contributed by atoms with van der Waals surface area (Å²) in [6.45, 7) is 1.84. The number of nitrogens with zero attached hydrogens (tertiary/aromatic N) is 2. The highest BCUT2D eigenvalue weighted by Gasteiger charge is 2.29. The van der Waals surface area contributed by atoms with Gasteiger partial charge in [-0.3, -0.25) is 14.6 Å². The van der Waals surface area contributed by atoms with E-state index in [1.165, 1.54) is 22.4 Å². The van der Waals surface area contributed by atoms with Crippen LogP contribution in [0.3, 0.4) is 0 Å². The summed E-state index contributed by atoms with van der Waals surface area (Å²) in [6, 6.07) is 12.0. The third-order valence-corrected chi connectivity index (χ3v) is 7.82. The number of fused-ring (bicyclic) bond motifs is 1. The fourth-order valence-corrected chi connectivity index (χ4v) is 5.66. The molecule has 2 aromatic heterocycles. The first-order valence-corrected chi connectivity index (χ1v) is 13.6. The minimum Gasteiger partial charge on any atom is -0.507 e. The average Bonchev–Trinajstić information content (AvgIpc) is 2.91. The summed E-state index contributed by atoms with van der Waals surface area (Å²) in [5.41, 5.74) is 0.644. The Morgan fingerprint density at radius 2 is 1.92 bits per heavy atom. The van der Waals surface area contributed by atoms with Crippen LogP contribution in [0.2, 0.25) is 0 Å². The van der Waals surface area contributed by atoms with Crippen molar-refractivity contribution in [3.05, 3.63) is 92.0 Å². The number of aryl methyl sites for hydroxylation is 1. The van der Waals surface area contributed by atoms with Crippen LogP contribution in [-0.2, 0) is 0 Å². The first-order chi connectivity index (χ1) is 18.3. The van der Waals surface area contributed by atoms with E-state index in [-0.39, 0.29) is 45.8 Å². The van der Waals surface area contributed by atoms with E-state index >= 15 is 4.39 Å². The smallest absolute Gasteiger partial charge is 0.334 e. The number of H-pyrrole nitrogens is 1. The zero-order chi connectivity index (χ0) is 27.0. The summed E-state index contributed by atoms with van der Waals surface area (Å²) in [4.78, 5) is 46.0. The number of nitrogens with one attached hydrogen (secondary N) is 2. The minimum absolute atomic E-state index is 0.0660. The van der Waals surface area contributed by atoms with Crippen LogP contribution in [0.1, 0.15) is 53.1 Å². The second-order valence-corrected chi connectivity index (χ2v) is 10.4. The second kappa shape index (κ2) is 10.4. The Hall–Kier alpha value is -3.92. The quantitative estimate of drug-likeness (QED) is 0.327. The molecule has 0 aliphatic heterocycles. The highest BCUT2D eigenvalue weighted by atomic mass is 32.2. The maximum Gasteiger partial charge on any atom is 0.334 e. The molecule has 0 radical (unpaired) electrons. The molecule has 10 heteroatoms. The van der Waals surface area contributed by atoms with E-state index < -0.39 is 17.1 Å². The standard InChI is InChI=1S/C28H27FN4O4S/c1-15-6-11-22(34)20(12-15)26(35)31-17-9-7-16(8-10-17)23-21(29)14-30-25-24(23)27(36)32-28(37)33(25)18-4-3-5-19(13-18)38-2/h3-6,11-14,16-17,34H,7-10H2,1-2H3,(H,31,35)(H,32,36,37). The van der Waals surface area contributed by atoms with Gasteiger partial charge >= 0.3 is 5.69 Å². The number of aromatic nitrogens is 3. The first kappa shape index (κ1) is 25.7. The van der Waals surface area contributed by atoms with Crippen molar-refractivity contribution < 1.29 is 14.3 Å². The van der Waals surface area contributed by atoms with Crippen LogP contribution in [0.15, 0.2) is 63.1 Å². The molecule has 0 bridgehead atoms. The van der Waals surface area contributed by atoms with Gasteiger partial charge in [0.25, 0.3) is 11.5 Å². The lowest BCUT2D eigenvalue weighted by Gasteiger charge is -2.30. The molecule has 2 aromatic carbocycles. The molecule has 5 rings (SSSR count). The van der Waals surface area contributed by atoms with Crippen molar-refractivity contribution in [1.29, 1.82) is 0 Å². The molecular weight excluding hydrogens is 507 g/mol. The van der Waals surface area contributed by atoms with E-state index in [0.29, 0.717) is 31.4 Å². The van der Waals surface area contributed by atoms with Gasteiger partial charge in [0.15, 0.2) is 5.65 Å².